The lowest BCUT2D eigenvalue weighted by atomic mass is 10.4. The second kappa shape index (κ2) is 6.37. The van der Waals surface area contributed by atoms with Crippen LogP contribution in [-0.2, 0) is 16.1 Å². The van der Waals surface area contributed by atoms with Gasteiger partial charge in [0.15, 0.2) is 5.82 Å². The Morgan fingerprint density at radius 3 is 2.88 bits per heavy atom. The van der Waals surface area contributed by atoms with E-state index < -0.39 is 0 Å². The molecular formula is C10H18N4O2. The summed E-state index contributed by atoms with van der Waals surface area (Å²) in [6.07, 6.45) is 0.0170. The average Bonchev–Trinajstić information content (AvgIpc) is 2.26. The van der Waals surface area contributed by atoms with Crippen molar-refractivity contribution in [3.8, 4) is 0 Å². The van der Waals surface area contributed by atoms with Gasteiger partial charge in [-0.25, -0.2) is 15.8 Å². The second-order valence-corrected chi connectivity index (χ2v) is 3.53. The van der Waals surface area contributed by atoms with Crippen LogP contribution in [0.3, 0.4) is 0 Å². The molecule has 1 heterocycles. The van der Waals surface area contributed by atoms with Gasteiger partial charge in [0.1, 0.15) is 12.4 Å². The first-order chi connectivity index (χ1) is 7.65. The second-order valence-electron chi connectivity index (χ2n) is 3.53. The molecular weight excluding hydrogens is 208 g/mol. The molecule has 1 aromatic rings. The molecule has 0 saturated carbocycles. The van der Waals surface area contributed by atoms with Gasteiger partial charge in [0.25, 0.3) is 0 Å². The quantitative estimate of drug-likeness (QED) is 0.546. The van der Waals surface area contributed by atoms with Gasteiger partial charge in [-0.2, -0.15) is 0 Å². The van der Waals surface area contributed by atoms with Gasteiger partial charge in [-0.1, -0.05) is 0 Å². The molecule has 16 heavy (non-hydrogen) atoms. The van der Waals surface area contributed by atoms with Crippen molar-refractivity contribution >= 4 is 5.82 Å². The minimum Gasteiger partial charge on any atom is -0.382 e. The number of ether oxygens (including phenoxy) is 2. The third kappa shape index (κ3) is 4.09. The molecule has 0 spiro atoms. The zero-order valence-electron chi connectivity index (χ0n) is 9.86. The predicted molar refractivity (Wildman–Crippen MR) is 60.7 cm³/mol. The van der Waals surface area contributed by atoms with Gasteiger partial charge in [-0.15, -0.1) is 0 Å². The first kappa shape index (κ1) is 12.8. The first-order valence-corrected chi connectivity index (χ1v) is 5.07. The fourth-order valence-electron chi connectivity index (χ4n) is 1.27. The summed E-state index contributed by atoms with van der Waals surface area (Å²) in [7, 11) is 1.64. The minimum absolute atomic E-state index is 0.0170. The Kier molecular flexibility index (Phi) is 5.10. The van der Waals surface area contributed by atoms with Crippen molar-refractivity contribution in [3.05, 3.63) is 17.6 Å². The molecule has 0 fully saturated rings. The zero-order chi connectivity index (χ0) is 12.0. The van der Waals surface area contributed by atoms with Gasteiger partial charge < -0.3 is 14.9 Å². The Hall–Kier alpha value is -1.24. The summed E-state index contributed by atoms with van der Waals surface area (Å²) in [6, 6.07) is 1.77. The lowest BCUT2D eigenvalue weighted by Crippen LogP contribution is -2.16. The number of hydrogen-bond donors (Lipinski definition) is 2. The number of nitrogen functional groups attached to an aromatic ring is 1. The van der Waals surface area contributed by atoms with E-state index in [-0.39, 0.29) is 6.10 Å². The van der Waals surface area contributed by atoms with Crippen LogP contribution in [-0.4, -0.2) is 29.8 Å². The van der Waals surface area contributed by atoms with Gasteiger partial charge in [0.2, 0.25) is 0 Å². The standard InChI is InChI=1S/C10H18N4O2/c1-7-4-9(14-11)13-10(12-7)6-16-8(2)5-15-3/h4,8H,5-6,11H2,1-3H3,(H,12,13,14). The van der Waals surface area contributed by atoms with Crippen molar-refractivity contribution in [1.29, 1.82) is 0 Å². The summed E-state index contributed by atoms with van der Waals surface area (Å²) in [5.74, 6) is 6.49. The molecule has 6 nitrogen and oxygen atoms in total. The fourth-order valence-corrected chi connectivity index (χ4v) is 1.27. The molecule has 0 saturated heterocycles. The number of rotatable bonds is 6. The average molecular weight is 226 g/mol. The number of nitrogens with two attached hydrogens (primary N) is 1. The molecule has 6 heteroatoms. The van der Waals surface area contributed by atoms with E-state index in [1.54, 1.807) is 13.2 Å². The van der Waals surface area contributed by atoms with Gasteiger partial charge >= 0.3 is 0 Å². The van der Waals surface area contributed by atoms with E-state index in [9.17, 15) is 0 Å². The number of aromatic nitrogens is 2. The minimum atomic E-state index is 0.0170. The van der Waals surface area contributed by atoms with Gasteiger partial charge in [-0.3, -0.25) is 0 Å². The Morgan fingerprint density at radius 1 is 1.50 bits per heavy atom. The smallest absolute Gasteiger partial charge is 0.156 e. The van der Waals surface area contributed by atoms with Crippen molar-refractivity contribution in [2.75, 3.05) is 19.1 Å². The molecule has 90 valence electrons. The van der Waals surface area contributed by atoms with Crippen molar-refractivity contribution in [2.45, 2.75) is 26.6 Å². The highest BCUT2D eigenvalue weighted by molar-refractivity contribution is 5.33. The van der Waals surface area contributed by atoms with Gasteiger partial charge in [0.05, 0.1) is 12.7 Å². The zero-order valence-corrected chi connectivity index (χ0v) is 9.86. The summed E-state index contributed by atoms with van der Waals surface area (Å²) in [5, 5.41) is 0. The lowest BCUT2D eigenvalue weighted by Gasteiger charge is -2.11. The highest BCUT2D eigenvalue weighted by Gasteiger charge is 2.05. The van der Waals surface area contributed by atoms with Crippen molar-refractivity contribution in [1.82, 2.24) is 9.97 Å². The van der Waals surface area contributed by atoms with Crippen LogP contribution in [0.15, 0.2) is 6.07 Å². The fraction of sp³-hybridized carbons (Fsp3) is 0.600. The molecule has 0 amide bonds. The van der Waals surface area contributed by atoms with E-state index in [0.29, 0.717) is 24.9 Å². The number of hydrogen-bond acceptors (Lipinski definition) is 6. The summed E-state index contributed by atoms with van der Waals surface area (Å²) >= 11 is 0. The summed E-state index contributed by atoms with van der Waals surface area (Å²) in [4.78, 5) is 8.41. The molecule has 1 aromatic heterocycles. The van der Waals surface area contributed by atoms with E-state index in [2.05, 4.69) is 15.4 Å². The van der Waals surface area contributed by atoms with Crippen LogP contribution in [0.1, 0.15) is 18.4 Å². The molecule has 3 N–H and O–H groups in total. The Morgan fingerprint density at radius 2 is 2.25 bits per heavy atom. The molecule has 0 radical (unpaired) electrons. The largest absolute Gasteiger partial charge is 0.382 e. The maximum Gasteiger partial charge on any atom is 0.156 e. The number of aryl methyl sites for hydroxylation is 1. The molecule has 0 bridgehead atoms. The molecule has 1 unspecified atom stereocenters. The molecule has 1 rings (SSSR count). The SMILES string of the molecule is COCC(C)OCc1nc(C)cc(NN)n1. The molecule has 0 aliphatic carbocycles. The maximum absolute atomic E-state index is 5.50. The number of anilines is 1. The molecule has 0 aliphatic rings. The van der Waals surface area contributed by atoms with E-state index in [4.69, 9.17) is 15.3 Å². The lowest BCUT2D eigenvalue weighted by molar-refractivity contribution is -0.00273. The third-order valence-electron chi connectivity index (χ3n) is 1.95. The molecule has 0 aromatic carbocycles. The Balaban J connectivity index is 2.56. The predicted octanol–water partition coefficient (Wildman–Crippen LogP) is 0.622. The van der Waals surface area contributed by atoms with Crippen LogP contribution in [0.5, 0.6) is 0 Å². The van der Waals surface area contributed by atoms with Crippen LogP contribution >= 0.6 is 0 Å². The van der Waals surface area contributed by atoms with Crippen molar-refractivity contribution in [3.63, 3.8) is 0 Å². The van der Waals surface area contributed by atoms with E-state index >= 15 is 0 Å². The number of nitrogens with one attached hydrogen (secondary N) is 1. The number of hydrazine groups is 1. The monoisotopic (exact) mass is 226 g/mol. The van der Waals surface area contributed by atoms with Crippen LogP contribution in [0, 0.1) is 6.92 Å². The highest BCUT2D eigenvalue weighted by atomic mass is 16.5. The number of methoxy groups -OCH3 is 1. The molecule has 1 atom stereocenters. The van der Waals surface area contributed by atoms with E-state index in [0.717, 1.165) is 5.69 Å². The topological polar surface area (TPSA) is 82.3 Å². The normalized spacial score (nSPS) is 12.5. The van der Waals surface area contributed by atoms with Gasteiger partial charge in [-0.05, 0) is 13.8 Å². The Bertz CT molecular complexity index is 333. The van der Waals surface area contributed by atoms with Crippen LogP contribution in [0.4, 0.5) is 5.82 Å². The highest BCUT2D eigenvalue weighted by Crippen LogP contribution is 2.06. The van der Waals surface area contributed by atoms with Crippen LogP contribution < -0.4 is 11.3 Å². The van der Waals surface area contributed by atoms with Crippen molar-refractivity contribution in [2.24, 2.45) is 5.84 Å². The first-order valence-electron chi connectivity index (χ1n) is 5.07. The van der Waals surface area contributed by atoms with Crippen LogP contribution in [0.2, 0.25) is 0 Å². The summed E-state index contributed by atoms with van der Waals surface area (Å²) in [5.41, 5.74) is 3.34. The van der Waals surface area contributed by atoms with Crippen LogP contribution in [0.25, 0.3) is 0 Å². The summed E-state index contributed by atoms with van der Waals surface area (Å²) < 4.78 is 10.5. The molecule has 0 aliphatic heterocycles. The third-order valence-corrected chi connectivity index (χ3v) is 1.95. The van der Waals surface area contributed by atoms with Crippen molar-refractivity contribution < 1.29 is 9.47 Å². The maximum atomic E-state index is 5.50. The van der Waals surface area contributed by atoms with E-state index in [1.165, 1.54) is 0 Å². The van der Waals surface area contributed by atoms with E-state index in [1.807, 2.05) is 13.8 Å². The Labute approximate surface area is 95.1 Å². The van der Waals surface area contributed by atoms with Gasteiger partial charge in [0, 0.05) is 18.9 Å². The summed E-state index contributed by atoms with van der Waals surface area (Å²) in [6.45, 7) is 4.71. The number of nitrogens with zero attached hydrogens (tertiary/aromatic N) is 2.